The predicted molar refractivity (Wildman–Crippen MR) is 75.1 cm³/mol. The Labute approximate surface area is 113 Å². The number of rotatable bonds is 5. The summed E-state index contributed by atoms with van der Waals surface area (Å²) in [6, 6.07) is 7.51. The molecule has 1 aromatic rings. The van der Waals surface area contributed by atoms with Crippen molar-refractivity contribution < 1.29 is 9.53 Å². The maximum Gasteiger partial charge on any atom is 0.251 e. The van der Waals surface area contributed by atoms with E-state index >= 15 is 0 Å². The standard InChI is InChI=1S/C15H20N2O2/c1-19-11-13-2-4-14(5-3-13)15(18)17-10-12-6-8-16-9-7-12/h2-6,16H,7-11H2,1H3,(H,17,18). The highest BCUT2D eigenvalue weighted by molar-refractivity contribution is 5.94. The van der Waals surface area contributed by atoms with E-state index in [-0.39, 0.29) is 5.91 Å². The van der Waals surface area contributed by atoms with Crippen molar-refractivity contribution in [2.45, 2.75) is 13.0 Å². The zero-order chi connectivity index (χ0) is 13.5. The molecule has 0 aromatic heterocycles. The van der Waals surface area contributed by atoms with Crippen molar-refractivity contribution in [1.29, 1.82) is 0 Å². The number of methoxy groups -OCH3 is 1. The Kier molecular flexibility index (Phi) is 5.12. The molecule has 1 aliphatic rings. The molecule has 0 atom stereocenters. The second kappa shape index (κ2) is 7.07. The van der Waals surface area contributed by atoms with E-state index in [1.54, 1.807) is 7.11 Å². The Morgan fingerprint density at radius 3 is 2.79 bits per heavy atom. The minimum absolute atomic E-state index is 0.0246. The van der Waals surface area contributed by atoms with Gasteiger partial charge in [0.05, 0.1) is 6.61 Å². The fourth-order valence-electron chi connectivity index (χ4n) is 2.05. The largest absolute Gasteiger partial charge is 0.380 e. The lowest BCUT2D eigenvalue weighted by atomic mass is 10.1. The molecule has 0 saturated carbocycles. The van der Waals surface area contributed by atoms with Crippen LogP contribution < -0.4 is 10.6 Å². The molecule has 0 aliphatic carbocycles. The van der Waals surface area contributed by atoms with Gasteiger partial charge in [-0.25, -0.2) is 0 Å². The minimum atomic E-state index is -0.0246. The van der Waals surface area contributed by atoms with Crippen LogP contribution in [0.1, 0.15) is 22.3 Å². The molecule has 2 N–H and O–H groups in total. The van der Waals surface area contributed by atoms with E-state index < -0.39 is 0 Å². The lowest BCUT2D eigenvalue weighted by molar-refractivity contribution is 0.0956. The van der Waals surface area contributed by atoms with Crippen LogP contribution in [0.15, 0.2) is 35.9 Å². The van der Waals surface area contributed by atoms with Crippen LogP contribution in [0, 0.1) is 0 Å². The summed E-state index contributed by atoms with van der Waals surface area (Å²) in [6.45, 7) is 3.10. The summed E-state index contributed by atoms with van der Waals surface area (Å²) in [5, 5.41) is 6.21. The molecule has 4 heteroatoms. The molecule has 1 amide bonds. The van der Waals surface area contributed by atoms with Gasteiger partial charge in [0.25, 0.3) is 5.91 Å². The Hall–Kier alpha value is -1.65. The van der Waals surface area contributed by atoms with Gasteiger partial charge >= 0.3 is 0 Å². The Bertz CT molecular complexity index is 452. The third-order valence-corrected chi connectivity index (χ3v) is 3.16. The lowest BCUT2D eigenvalue weighted by Crippen LogP contribution is -2.29. The first-order valence-electron chi connectivity index (χ1n) is 6.54. The first kappa shape index (κ1) is 13.8. The van der Waals surface area contributed by atoms with Crippen LogP contribution in [0.4, 0.5) is 0 Å². The summed E-state index contributed by atoms with van der Waals surface area (Å²) in [5.74, 6) is -0.0246. The van der Waals surface area contributed by atoms with Crippen molar-refractivity contribution in [2.75, 3.05) is 26.7 Å². The molecule has 0 saturated heterocycles. The van der Waals surface area contributed by atoms with Crippen molar-refractivity contribution in [3.63, 3.8) is 0 Å². The Morgan fingerprint density at radius 2 is 2.16 bits per heavy atom. The molecule has 0 bridgehead atoms. The maximum absolute atomic E-state index is 12.0. The highest BCUT2D eigenvalue weighted by atomic mass is 16.5. The molecule has 102 valence electrons. The molecule has 0 radical (unpaired) electrons. The van der Waals surface area contributed by atoms with E-state index in [0.29, 0.717) is 18.7 Å². The van der Waals surface area contributed by atoms with E-state index in [1.165, 1.54) is 5.57 Å². The van der Waals surface area contributed by atoms with Crippen molar-refractivity contribution >= 4 is 5.91 Å². The lowest BCUT2D eigenvalue weighted by Gasteiger charge is -2.14. The molecule has 0 fully saturated rings. The van der Waals surface area contributed by atoms with Crippen LogP contribution >= 0.6 is 0 Å². The quantitative estimate of drug-likeness (QED) is 0.789. The van der Waals surface area contributed by atoms with Gasteiger partial charge in [-0.3, -0.25) is 4.79 Å². The van der Waals surface area contributed by atoms with Crippen molar-refractivity contribution in [1.82, 2.24) is 10.6 Å². The molecular formula is C15H20N2O2. The van der Waals surface area contributed by atoms with E-state index in [1.807, 2.05) is 24.3 Å². The van der Waals surface area contributed by atoms with Crippen LogP contribution in [0.5, 0.6) is 0 Å². The summed E-state index contributed by atoms with van der Waals surface area (Å²) in [4.78, 5) is 12.0. The number of carbonyl (C=O) groups is 1. The summed E-state index contributed by atoms with van der Waals surface area (Å²) < 4.78 is 5.04. The molecule has 1 aliphatic heterocycles. The van der Waals surface area contributed by atoms with Gasteiger partial charge in [-0.1, -0.05) is 23.8 Å². The number of carbonyl (C=O) groups excluding carboxylic acids is 1. The van der Waals surface area contributed by atoms with Crippen molar-refractivity contribution in [2.24, 2.45) is 0 Å². The molecular weight excluding hydrogens is 240 g/mol. The first-order valence-corrected chi connectivity index (χ1v) is 6.54. The average molecular weight is 260 g/mol. The predicted octanol–water partition coefficient (Wildman–Crippen LogP) is 1.48. The normalized spacial score (nSPS) is 14.9. The fraction of sp³-hybridized carbons (Fsp3) is 0.400. The maximum atomic E-state index is 12.0. The fourth-order valence-corrected chi connectivity index (χ4v) is 2.05. The van der Waals surface area contributed by atoms with Crippen LogP contribution in [0.3, 0.4) is 0 Å². The van der Waals surface area contributed by atoms with Crippen LogP contribution in [-0.4, -0.2) is 32.7 Å². The SMILES string of the molecule is COCc1ccc(C(=O)NCC2=CCNCC2)cc1. The summed E-state index contributed by atoms with van der Waals surface area (Å²) >= 11 is 0. The highest BCUT2D eigenvalue weighted by Crippen LogP contribution is 2.07. The van der Waals surface area contributed by atoms with Gasteiger partial charge in [0.2, 0.25) is 0 Å². The van der Waals surface area contributed by atoms with Crippen molar-refractivity contribution in [3.8, 4) is 0 Å². The second-order valence-corrected chi connectivity index (χ2v) is 4.63. The van der Waals surface area contributed by atoms with Crippen molar-refractivity contribution in [3.05, 3.63) is 47.0 Å². The van der Waals surface area contributed by atoms with Gasteiger partial charge in [-0.05, 0) is 30.7 Å². The number of amides is 1. The van der Waals surface area contributed by atoms with Gasteiger partial charge in [0, 0.05) is 25.8 Å². The Morgan fingerprint density at radius 1 is 1.37 bits per heavy atom. The number of ether oxygens (including phenoxy) is 1. The summed E-state index contributed by atoms with van der Waals surface area (Å²) in [6.07, 6.45) is 3.15. The number of hydrogen-bond acceptors (Lipinski definition) is 3. The second-order valence-electron chi connectivity index (χ2n) is 4.63. The topological polar surface area (TPSA) is 50.4 Å². The molecule has 0 unspecified atom stereocenters. The van der Waals surface area contributed by atoms with E-state index in [4.69, 9.17) is 4.74 Å². The van der Waals surface area contributed by atoms with Crippen LogP contribution in [-0.2, 0) is 11.3 Å². The average Bonchev–Trinajstić information content (AvgIpc) is 2.47. The molecule has 4 nitrogen and oxygen atoms in total. The molecule has 19 heavy (non-hydrogen) atoms. The monoisotopic (exact) mass is 260 g/mol. The van der Waals surface area contributed by atoms with Gasteiger partial charge in [0.1, 0.15) is 0 Å². The number of benzene rings is 1. The van der Waals surface area contributed by atoms with Gasteiger partial charge in [-0.15, -0.1) is 0 Å². The van der Waals surface area contributed by atoms with Crippen LogP contribution in [0.2, 0.25) is 0 Å². The molecule has 1 heterocycles. The summed E-state index contributed by atoms with van der Waals surface area (Å²) in [5.41, 5.74) is 3.05. The molecule has 0 spiro atoms. The number of hydrogen-bond donors (Lipinski definition) is 2. The zero-order valence-electron chi connectivity index (χ0n) is 11.2. The minimum Gasteiger partial charge on any atom is -0.380 e. The summed E-state index contributed by atoms with van der Waals surface area (Å²) in [7, 11) is 1.66. The van der Waals surface area contributed by atoms with Crippen LogP contribution in [0.25, 0.3) is 0 Å². The van der Waals surface area contributed by atoms with Gasteiger partial charge < -0.3 is 15.4 Å². The Balaban J connectivity index is 1.86. The van der Waals surface area contributed by atoms with Gasteiger partial charge in [-0.2, -0.15) is 0 Å². The zero-order valence-corrected chi connectivity index (χ0v) is 11.2. The third kappa shape index (κ3) is 4.19. The van der Waals surface area contributed by atoms with E-state index in [2.05, 4.69) is 16.7 Å². The number of nitrogens with one attached hydrogen (secondary N) is 2. The molecule has 1 aromatic carbocycles. The third-order valence-electron chi connectivity index (χ3n) is 3.16. The van der Waals surface area contributed by atoms with E-state index in [0.717, 1.165) is 25.1 Å². The highest BCUT2D eigenvalue weighted by Gasteiger charge is 2.07. The smallest absolute Gasteiger partial charge is 0.251 e. The van der Waals surface area contributed by atoms with Gasteiger partial charge in [0.15, 0.2) is 0 Å². The molecule has 2 rings (SSSR count). The van der Waals surface area contributed by atoms with E-state index in [9.17, 15) is 4.79 Å². The first-order chi connectivity index (χ1) is 9.29.